The van der Waals surface area contributed by atoms with Crippen molar-refractivity contribution < 1.29 is 9.53 Å². The quantitative estimate of drug-likeness (QED) is 0.876. The topological polar surface area (TPSA) is 68.2 Å². The molecule has 104 valence electrons. The van der Waals surface area contributed by atoms with E-state index in [0.717, 1.165) is 5.56 Å². The largest absolute Gasteiger partial charge is 0.360 e. The fraction of sp³-hybridized carbons (Fsp3) is 0.286. The highest BCUT2D eigenvalue weighted by molar-refractivity contribution is 5.97. The standard InChI is InChI=1S/C14H16N4O2/c1-20-11-7-15-14(19)12-13(17-11)18(9-16-12)8-10-5-3-2-4-6-10/h2-6,9,11,17H,7-8H2,1H3,(H,15,19). The van der Waals surface area contributed by atoms with E-state index >= 15 is 0 Å². The van der Waals surface area contributed by atoms with Crippen molar-refractivity contribution in [3.8, 4) is 0 Å². The molecular formula is C14H16N4O2. The van der Waals surface area contributed by atoms with Gasteiger partial charge in [-0.1, -0.05) is 30.3 Å². The fourth-order valence-corrected chi connectivity index (χ4v) is 2.21. The molecule has 0 radical (unpaired) electrons. The molecule has 0 spiro atoms. The van der Waals surface area contributed by atoms with Crippen LogP contribution in [0.3, 0.4) is 0 Å². The van der Waals surface area contributed by atoms with Crippen LogP contribution >= 0.6 is 0 Å². The lowest BCUT2D eigenvalue weighted by molar-refractivity contribution is 0.0897. The molecule has 1 amide bonds. The van der Waals surface area contributed by atoms with Crippen LogP contribution in [0.2, 0.25) is 0 Å². The molecule has 0 saturated heterocycles. The minimum atomic E-state index is -0.258. The zero-order valence-corrected chi connectivity index (χ0v) is 11.2. The summed E-state index contributed by atoms with van der Waals surface area (Å²) in [5, 5.41) is 5.98. The van der Waals surface area contributed by atoms with Crippen molar-refractivity contribution in [2.45, 2.75) is 12.8 Å². The molecule has 1 aromatic heterocycles. The lowest BCUT2D eigenvalue weighted by atomic mass is 10.2. The van der Waals surface area contributed by atoms with Gasteiger partial charge in [0.15, 0.2) is 5.69 Å². The molecule has 1 aromatic carbocycles. The third-order valence-electron chi connectivity index (χ3n) is 3.28. The molecule has 1 unspecified atom stereocenters. The third kappa shape index (κ3) is 2.37. The Morgan fingerprint density at radius 1 is 1.40 bits per heavy atom. The van der Waals surface area contributed by atoms with E-state index in [1.54, 1.807) is 13.4 Å². The Hall–Kier alpha value is -2.34. The fourth-order valence-electron chi connectivity index (χ4n) is 2.21. The highest BCUT2D eigenvalue weighted by atomic mass is 16.5. The summed E-state index contributed by atoms with van der Waals surface area (Å²) in [5.41, 5.74) is 1.55. The van der Waals surface area contributed by atoms with Crippen LogP contribution < -0.4 is 10.6 Å². The number of hydrogen-bond acceptors (Lipinski definition) is 4. The van der Waals surface area contributed by atoms with E-state index in [4.69, 9.17) is 4.74 Å². The Kier molecular flexibility index (Phi) is 3.39. The maximum absolute atomic E-state index is 12.0. The molecule has 2 aromatic rings. The van der Waals surface area contributed by atoms with Gasteiger partial charge < -0.3 is 19.9 Å². The molecule has 3 rings (SSSR count). The molecule has 0 bridgehead atoms. The summed E-state index contributed by atoms with van der Waals surface area (Å²) in [4.78, 5) is 16.1. The van der Waals surface area contributed by atoms with Gasteiger partial charge in [0.25, 0.3) is 5.91 Å². The van der Waals surface area contributed by atoms with Crippen molar-refractivity contribution >= 4 is 11.7 Å². The van der Waals surface area contributed by atoms with Crippen LogP contribution in [-0.2, 0) is 11.3 Å². The summed E-state index contributed by atoms with van der Waals surface area (Å²) in [6.45, 7) is 1.07. The van der Waals surface area contributed by atoms with Gasteiger partial charge in [-0.05, 0) is 5.56 Å². The summed E-state index contributed by atoms with van der Waals surface area (Å²) in [6.07, 6.45) is 1.41. The van der Waals surface area contributed by atoms with E-state index in [1.165, 1.54) is 0 Å². The predicted molar refractivity (Wildman–Crippen MR) is 74.5 cm³/mol. The second-order valence-electron chi connectivity index (χ2n) is 4.63. The molecular weight excluding hydrogens is 256 g/mol. The van der Waals surface area contributed by atoms with Crippen molar-refractivity contribution in [3.63, 3.8) is 0 Å². The number of nitrogens with one attached hydrogen (secondary N) is 2. The molecule has 6 nitrogen and oxygen atoms in total. The zero-order valence-electron chi connectivity index (χ0n) is 11.2. The van der Waals surface area contributed by atoms with Gasteiger partial charge in [-0.25, -0.2) is 4.98 Å². The predicted octanol–water partition coefficient (Wildman–Crippen LogP) is 1.06. The van der Waals surface area contributed by atoms with E-state index in [1.807, 2.05) is 34.9 Å². The SMILES string of the molecule is COC1CNC(=O)c2ncn(Cc3ccccc3)c2N1. The number of fused-ring (bicyclic) bond motifs is 1. The Morgan fingerprint density at radius 3 is 2.95 bits per heavy atom. The number of ether oxygens (including phenoxy) is 1. The summed E-state index contributed by atoms with van der Waals surface area (Å²) < 4.78 is 7.20. The number of rotatable bonds is 3. The van der Waals surface area contributed by atoms with E-state index in [9.17, 15) is 4.79 Å². The first kappa shape index (κ1) is 12.7. The number of amides is 1. The first-order valence-electron chi connectivity index (χ1n) is 6.44. The summed E-state index contributed by atoms with van der Waals surface area (Å²) in [7, 11) is 1.60. The number of benzene rings is 1. The molecule has 1 atom stereocenters. The number of methoxy groups -OCH3 is 1. The van der Waals surface area contributed by atoms with E-state index in [2.05, 4.69) is 15.6 Å². The first-order chi connectivity index (χ1) is 9.78. The number of carbonyl (C=O) groups is 1. The molecule has 2 N–H and O–H groups in total. The van der Waals surface area contributed by atoms with E-state index in [0.29, 0.717) is 24.6 Å². The van der Waals surface area contributed by atoms with Crippen LogP contribution in [0.4, 0.5) is 5.82 Å². The van der Waals surface area contributed by atoms with Crippen LogP contribution in [0.25, 0.3) is 0 Å². The zero-order chi connectivity index (χ0) is 13.9. The average Bonchev–Trinajstić information content (AvgIpc) is 2.78. The lowest BCUT2D eigenvalue weighted by Crippen LogP contribution is -2.34. The van der Waals surface area contributed by atoms with Gasteiger partial charge in [-0.3, -0.25) is 4.79 Å². The van der Waals surface area contributed by atoms with Crippen molar-refractivity contribution in [1.82, 2.24) is 14.9 Å². The Labute approximate surface area is 116 Å². The monoisotopic (exact) mass is 272 g/mol. The summed E-state index contributed by atoms with van der Waals surface area (Å²) in [6, 6.07) is 10.0. The van der Waals surface area contributed by atoms with Gasteiger partial charge in [0.2, 0.25) is 0 Å². The Balaban J connectivity index is 1.92. The Bertz CT molecular complexity index is 609. The number of hydrogen-bond donors (Lipinski definition) is 2. The molecule has 1 aliphatic heterocycles. The van der Waals surface area contributed by atoms with Crippen molar-refractivity contribution in [2.75, 3.05) is 19.0 Å². The van der Waals surface area contributed by atoms with Crippen molar-refractivity contribution in [2.24, 2.45) is 0 Å². The number of nitrogens with zero attached hydrogens (tertiary/aromatic N) is 2. The first-order valence-corrected chi connectivity index (χ1v) is 6.44. The second kappa shape index (κ2) is 5.34. The van der Waals surface area contributed by atoms with E-state index in [-0.39, 0.29) is 12.1 Å². The van der Waals surface area contributed by atoms with Crippen molar-refractivity contribution in [3.05, 3.63) is 47.9 Å². The minimum Gasteiger partial charge on any atom is -0.360 e. The van der Waals surface area contributed by atoms with Crippen LogP contribution in [0.5, 0.6) is 0 Å². The highest BCUT2D eigenvalue weighted by Crippen LogP contribution is 2.19. The smallest absolute Gasteiger partial charge is 0.273 e. The maximum Gasteiger partial charge on any atom is 0.273 e. The average molecular weight is 272 g/mol. The number of aromatic nitrogens is 2. The molecule has 20 heavy (non-hydrogen) atoms. The highest BCUT2D eigenvalue weighted by Gasteiger charge is 2.25. The minimum absolute atomic E-state index is 0.182. The van der Waals surface area contributed by atoms with Crippen LogP contribution in [0.15, 0.2) is 36.7 Å². The van der Waals surface area contributed by atoms with Gasteiger partial charge >= 0.3 is 0 Å². The van der Waals surface area contributed by atoms with Gasteiger partial charge in [-0.2, -0.15) is 0 Å². The van der Waals surface area contributed by atoms with Crippen LogP contribution in [0.1, 0.15) is 16.1 Å². The van der Waals surface area contributed by atoms with Gasteiger partial charge in [-0.15, -0.1) is 0 Å². The van der Waals surface area contributed by atoms with Gasteiger partial charge in [0, 0.05) is 7.11 Å². The molecule has 6 heteroatoms. The molecule has 0 saturated carbocycles. The number of carbonyl (C=O) groups excluding carboxylic acids is 1. The maximum atomic E-state index is 12.0. The van der Waals surface area contributed by atoms with Gasteiger partial charge in [0.1, 0.15) is 12.0 Å². The molecule has 2 heterocycles. The normalized spacial score (nSPS) is 17.9. The van der Waals surface area contributed by atoms with Crippen LogP contribution in [0, 0.1) is 0 Å². The molecule has 1 aliphatic rings. The lowest BCUT2D eigenvalue weighted by Gasteiger charge is -2.16. The molecule has 0 aliphatic carbocycles. The van der Waals surface area contributed by atoms with Crippen molar-refractivity contribution in [1.29, 1.82) is 0 Å². The van der Waals surface area contributed by atoms with E-state index < -0.39 is 0 Å². The third-order valence-corrected chi connectivity index (χ3v) is 3.28. The Morgan fingerprint density at radius 2 is 2.20 bits per heavy atom. The summed E-state index contributed by atoms with van der Waals surface area (Å²) >= 11 is 0. The number of anilines is 1. The molecule has 0 fully saturated rings. The van der Waals surface area contributed by atoms with Gasteiger partial charge in [0.05, 0.1) is 19.4 Å². The van der Waals surface area contributed by atoms with Crippen LogP contribution in [-0.4, -0.2) is 35.3 Å². The number of imidazole rings is 1. The summed E-state index contributed by atoms with van der Waals surface area (Å²) in [5.74, 6) is 0.509. The second-order valence-corrected chi connectivity index (χ2v) is 4.63.